The lowest BCUT2D eigenvalue weighted by Gasteiger charge is -2.28. The summed E-state index contributed by atoms with van der Waals surface area (Å²) in [7, 11) is 5.39. The van der Waals surface area contributed by atoms with Gasteiger partial charge in [0.25, 0.3) is 23.6 Å². The van der Waals surface area contributed by atoms with Crippen molar-refractivity contribution >= 4 is 81.0 Å². The summed E-state index contributed by atoms with van der Waals surface area (Å²) in [6, 6.07) is 22.3. The maximum absolute atomic E-state index is 12.9. The average molecular weight is 672 g/mol. The summed E-state index contributed by atoms with van der Waals surface area (Å²) < 4.78 is 2.12. The summed E-state index contributed by atoms with van der Waals surface area (Å²) in [5.74, 6) is -2.61. The number of aromatic nitrogens is 1. The fourth-order valence-electron chi connectivity index (χ4n) is 6.25. The van der Waals surface area contributed by atoms with Crippen molar-refractivity contribution in [1.82, 2.24) is 24.2 Å². The van der Waals surface area contributed by atoms with E-state index < -0.39 is 35.7 Å². The van der Waals surface area contributed by atoms with Gasteiger partial charge in [-0.3, -0.25) is 38.8 Å². The smallest absolute Gasteiger partial charge is 0.309 e. The predicted molar refractivity (Wildman–Crippen MR) is 187 cm³/mol. The zero-order valence-corrected chi connectivity index (χ0v) is 28.0. The Morgan fingerprint density at radius 2 is 1.08 bits per heavy atom. The molecule has 2 saturated heterocycles. The van der Waals surface area contributed by atoms with Crippen molar-refractivity contribution in [2.45, 2.75) is 6.92 Å². The normalized spacial score (nSPS) is 15.9. The molecule has 2 aliphatic heterocycles. The minimum absolute atomic E-state index is 0.0793. The minimum atomic E-state index is -0.681. The van der Waals surface area contributed by atoms with Gasteiger partial charge in [0, 0.05) is 54.4 Å². The number of benzene rings is 3. The number of imide groups is 4. The van der Waals surface area contributed by atoms with Gasteiger partial charge in [-0.25, -0.2) is 9.59 Å². The minimum Gasteiger partial charge on any atom is -0.309 e. The third-order valence-corrected chi connectivity index (χ3v) is 10.1. The number of carbonyl (C=O) groups is 6. The van der Waals surface area contributed by atoms with Crippen LogP contribution >= 0.6 is 11.3 Å². The fourth-order valence-corrected chi connectivity index (χ4v) is 7.36. The van der Waals surface area contributed by atoms with Crippen LogP contribution in [0.25, 0.3) is 50.1 Å². The Bertz CT molecular complexity index is 2330. The van der Waals surface area contributed by atoms with Crippen LogP contribution in [-0.4, -0.2) is 88.0 Å². The maximum Gasteiger partial charge on any atom is 0.333 e. The highest BCUT2D eigenvalue weighted by Gasteiger charge is 2.39. The number of para-hydroxylation sites is 1. The molecule has 2 aromatic heterocycles. The van der Waals surface area contributed by atoms with Crippen molar-refractivity contribution < 1.29 is 28.8 Å². The van der Waals surface area contributed by atoms with Crippen molar-refractivity contribution in [2.75, 3.05) is 28.2 Å². The average Bonchev–Trinajstić information content (AvgIpc) is 3.64. The number of amides is 8. The first-order valence-corrected chi connectivity index (χ1v) is 16.1. The lowest BCUT2D eigenvalue weighted by molar-refractivity contribution is -0.135. The number of hydrogen-bond acceptors (Lipinski definition) is 7. The van der Waals surface area contributed by atoms with E-state index in [-0.39, 0.29) is 11.1 Å². The van der Waals surface area contributed by atoms with Crippen LogP contribution in [0.1, 0.15) is 16.0 Å². The van der Waals surface area contributed by atoms with Crippen molar-refractivity contribution in [3.63, 3.8) is 0 Å². The lowest BCUT2D eigenvalue weighted by atomic mass is 10.0. The van der Waals surface area contributed by atoms with Gasteiger partial charge in [0.1, 0.15) is 11.1 Å². The molecule has 3 aromatic carbocycles. The summed E-state index contributed by atoms with van der Waals surface area (Å²) in [4.78, 5) is 81.2. The number of fused-ring (bicyclic) bond motifs is 3. The molecule has 0 bridgehead atoms. The highest BCUT2D eigenvalue weighted by Crippen LogP contribution is 2.39. The molecule has 7 rings (SSSR count). The fraction of sp³-hybridized carbons (Fsp3) is 0.135. The molecule has 0 radical (unpaired) electrons. The van der Waals surface area contributed by atoms with Gasteiger partial charge in [0.15, 0.2) is 0 Å². The van der Waals surface area contributed by atoms with Gasteiger partial charge in [-0.1, -0.05) is 42.5 Å². The molecule has 11 nitrogen and oxygen atoms in total. The summed E-state index contributed by atoms with van der Waals surface area (Å²) in [6.07, 6.45) is 3.05. The summed E-state index contributed by atoms with van der Waals surface area (Å²) in [5, 5.41) is 1.95. The van der Waals surface area contributed by atoms with E-state index in [1.807, 2.05) is 67.6 Å². The molecular formula is C37H29N5O6S. The summed E-state index contributed by atoms with van der Waals surface area (Å²) in [6.45, 7) is 1.97. The molecule has 5 aromatic rings. The largest absolute Gasteiger partial charge is 0.333 e. The van der Waals surface area contributed by atoms with E-state index in [0.29, 0.717) is 10.4 Å². The Morgan fingerprint density at radius 1 is 0.571 bits per heavy atom. The molecule has 4 heterocycles. The Labute approximate surface area is 284 Å². The molecule has 0 atom stereocenters. The van der Waals surface area contributed by atoms with Gasteiger partial charge in [0.05, 0.1) is 11.0 Å². The van der Waals surface area contributed by atoms with Gasteiger partial charge < -0.3 is 4.57 Å². The van der Waals surface area contributed by atoms with Crippen LogP contribution in [0.3, 0.4) is 0 Å². The van der Waals surface area contributed by atoms with E-state index in [9.17, 15) is 28.8 Å². The molecule has 244 valence electrons. The van der Waals surface area contributed by atoms with Crippen LogP contribution in [0.2, 0.25) is 0 Å². The molecule has 0 saturated carbocycles. The molecule has 0 spiro atoms. The van der Waals surface area contributed by atoms with Crippen LogP contribution in [0.4, 0.5) is 9.59 Å². The summed E-state index contributed by atoms with van der Waals surface area (Å²) >= 11 is 1.44. The standard InChI is InChI=1S/C37H29N5O6S/c1-20-15-24(19-28-34(45)40(4)37(48)41(5)35(28)46)49-31(20)22-12-14-26-25-13-11-21(16-27-32(43)38(2)36(47)39(3)33(27)44)17-29(25)42(30(26)18-22)23-9-7-6-8-10-23/h6-19H,1-5H3. The number of hydrogen-bond donors (Lipinski definition) is 0. The molecule has 0 N–H and O–H groups in total. The zero-order valence-electron chi connectivity index (χ0n) is 27.2. The Balaban J connectivity index is 1.36. The van der Waals surface area contributed by atoms with Crippen LogP contribution in [-0.2, 0) is 19.2 Å². The van der Waals surface area contributed by atoms with Crippen LogP contribution in [0.15, 0.2) is 83.9 Å². The number of aryl methyl sites for hydroxylation is 1. The first kappa shape index (κ1) is 31.5. The van der Waals surface area contributed by atoms with Crippen LogP contribution in [0, 0.1) is 6.92 Å². The van der Waals surface area contributed by atoms with E-state index in [1.54, 1.807) is 0 Å². The van der Waals surface area contributed by atoms with Gasteiger partial charge in [-0.2, -0.15) is 0 Å². The second-order valence-corrected chi connectivity index (χ2v) is 13.1. The van der Waals surface area contributed by atoms with Gasteiger partial charge in [0.2, 0.25) is 0 Å². The number of rotatable bonds is 4. The molecule has 12 heteroatoms. The monoisotopic (exact) mass is 671 g/mol. The number of urea groups is 2. The topological polar surface area (TPSA) is 120 Å². The first-order chi connectivity index (χ1) is 23.4. The van der Waals surface area contributed by atoms with Gasteiger partial charge in [-0.15, -0.1) is 11.3 Å². The molecule has 49 heavy (non-hydrogen) atoms. The number of likely N-dealkylation sites (N-methyl/N-ethyl adjacent to an activating group) is 4. The van der Waals surface area contributed by atoms with Crippen molar-refractivity contribution in [1.29, 1.82) is 0 Å². The SMILES string of the molecule is Cc1cc(C=C2C(=O)N(C)C(=O)N(C)C2=O)sc1-c1ccc2c3ccc(C=C4C(=O)N(C)C(=O)N(C)C4=O)cc3n(-c3ccccc3)c2c1. The van der Waals surface area contributed by atoms with E-state index in [0.717, 1.165) is 63.1 Å². The predicted octanol–water partition coefficient (Wildman–Crippen LogP) is 5.69. The highest BCUT2D eigenvalue weighted by atomic mass is 32.1. The van der Waals surface area contributed by atoms with E-state index in [4.69, 9.17) is 0 Å². The van der Waals surface area contributed by atoms with Crippen molar-refractivity contribution in [3.8, 4) is 16.1 Å². The number of barbiturate groups is 2. The number of carbonyl (C=O) groups excluding carboxylic acids is 6. The molecular weight excluding hydrogens is 643 g/mol. The Kier molecular flexibility index (Phi) is 7.40. The molecule has 0 unspecified atom stereocenters. The maximum atomic E-state index is 12.9. The molecule has 2 fully saturated rings. The van der Waals surface area contributed by atoms with Gasteiger partial charge in [-0.05, 0) is 66.1 Å². The van der Waals surface area contributed by atoms with Crippen molar-refractivity contribution in [3.05, 3.63) is 99.9 Å². The van der Waals surface area contributed by atoms with E-state index in [1.165, 1.54) is 51.7 Å². The van der Waals surface area contributed by atoms with E-state index in [2.05, 4.69) is 16.7 Å². The van der Waals surface area contributed by atoms with Crippen LogP contribution < -0.4 is 0 Å². The van der Waals surface area contributed by atoms with E-state index >= 15 is 0 Å². The second-order valence-electron chi connectivity index (χ2n) is 12.0. The van der Waals surface area contributed by atoms with Gasteiger partial charge >= 0.3 is 12.1 Å². The highest BCUT2D eigenvalue weighted by molar-refractivity contribution is 7.16. The van der Waals surface area contributed by atoms with Crippen LogP contribution in [0.5, 0.6) is 0 Å². The third-order valence-electron chi connectivity index (χ3n) is 8.89. The lowest BCUT2D eigenvalue weighted by Crippen LogP contribution is -2.52. The second kappa shape index (κ2) is 11.5. The number of nitrogens with zero attached hydrogens (tertiary/aromatic N) is 5. The third kappa shape index (κ3) is 4.95. The van der Waals surface area contributed by atoms with Crippen molar-refractivity contribution in [2.24, 2.45) is 0 Å². The number of thiophene rings is 1. The molecule has 8 amide bonds. The summed E-state index contributed by atoms with van der Waals surface area (Å²) in [5.41, 5.74) is 5.01. The molecule has 0 aliphatic carbocycles. The Hall–Kier alpha value is -6.14. The molecule has 2 aliphatic rings. The first-order valence-electron chi connectivity index (χ1n) is 15.3. The quantitative estimate of drug-likeness (QED) is 0.179. The Morgan fingerprint density at radius 3 is 1.65 bits per heavy atom. The zero-order chi connectivity index (χ0) is 34.9.